The number of benzene rings is 2. The number of phenols is 1. The lowest BCUT2D eigenvalue weighted by Crippen LogP contribution is -2.71. The number of phenolic OH excluding ortho intramolecular Hbond substituents is 1. The standard InChI is InChI=1S/C31H35N3O8S.ClH/c1-6-7-20-17-43-28-24(27(37)34(28)25(20)29(38)41-16-18-8-14-22(40-5)15-9-18)32-26(36)23(19-10-12-21(35)13-11-19)33-30(39)42-31(2,3)4;/h6-15,23-24,28,35H,16-17H2,1-5H3,(H,32,36)(H,33,39);1H/t23?,24-,28+;/m1./s1. The van der Waals surface area contributed by atoms with Crippen LogP contribution in [-0.4, -0.2) is 63.8 Å². The quantitative estimate of drug-likeness (QED) is 0.268. The van der Waals surface area contributed by atoms with Crippen LogP contribution < -0.4 is 15.4 Å². The Morgan fingerprint density at radius 1 is 1.11 bits per heavy atom. The molecule has 2 aromatic rings. The van der Waals surface area contributed by atoms with E-state index < -0.39 is 46.9 Å². The predicted molar refractivity (Wildman–Crippen MR) is 167 cm³/mol. The van der Waals surface area contributed by atoms with Crippen LogP contribution in [0.2, 0.25) is 0 Å². The monoisotopic (exact) mass is 645 g/mol. The van der Waals surface area contributed by atoms with Gasteiger partial charge in [0.1, 0.15) is 46.9 Å². The lowest BCUT2D eigenvalue weighted by Gasteiger charge is -2.49. The SMILES string of the molecule is CC=CC1=C(C(=O)OCc2ccc(OC)cc2)N2C(=O)[C@@H](NC(=O)C(NC(=O)OC(C)(C)C)c3ccc(O)cc3)[C@@H]2SC1.Cl. The summed E-state index contributed by atoms with van der Waals surface area (Å²) in [6, 6.07) is 10.7. The molecule has 0 aromatic heterocycles. The molecule has 11 nitrogen and oxygen atoms in total. The van der Waals surface area contributed by atoms with Gasteiger partial charge in [0.2, 0.25) is 5.91 Å². The molecule has 3 N–H and O–H groups in total. The second kappa shape index (κ2) is 14.5. The predicted octanol–water partition coefficient (Wildman–Crippen LogP) is 4.36. The molecule has 0 bridgehead atoms. The lowest BCUT2D eigenvalue weighted by molar-refractivity contribution is -0.153. The number of β-lactam (4-membered cyclic amide) rings is 1. The maximum atomic E-state index is 13.5. The molecule has 236 valence electrons. The highest BCUT2D eigenvalue weighted by Gasteiger charge is 2.54. The van der Waals surface area contributed by atoms with Crippen LogP contribution in [0.15, 0.2) is 72.0 Å². The maximum absolute atomic E-state index is 13.5. The molecule has 13 heteroatoms. The summed E-state index contributed by atoms with van der Waals surface area (Å²) in [5.41, 5.74) is 1.09. The van der Waals surface area contributed by atoms with Gasteiger partial charge in [0, 0.05) is 5.75 Å². The van der Waals surface area contributed by atoms with E-state index in [4.69, 9.17) is 14.2 Å². The summed E-state index contributed by atoms with van der Waals surface area (Å²) in [6.07, 6.45) is 2.72. The largest absolute Gasteiger partial charge is 0.508 e. The molecule has 4 rings (SSSR count). The number of ether oxygens (including phenoxy) is 3. The van der Waals surface area contributed by atoms with E-state index >= 15 is 0 Å². The fourth-order valence-corrected chi connectivity index (χ4v) is 5.85. The minimum absolute atomic E-state index is 0. The molecule has 0 spiro atoms. The van der Waals surface area contributed by atoms with Crippen molar-refractivity contribution in [1.82, 2.24) is 15.5 Å². The van der Waals surface area contributed by atoms with Gasteiger partial charge in [0.15, 0.2) is 0 Å². The number of hydrogen-bond donors (Lipinski definition) is 3. The summed E-state index contributed by atoms with van der Waals surface area (Å²) in [6.45, 7) is 6.89. The summed E-state index contributed by atoms with van der Waals surface area (Å²) >= 11 is 1.40. The summed E-state index contributed by atoms with van der Waals surface area (Å²) in [4.78, 5) is 54.1. The normalized spacial score (nSPS) is 18.4. The van der Waals surface area contributed by atoms with Crippen molar-refractivity contribution in [2.24, 2.45) is 0 Å². The summed E-state index contributed by atoms with van der Waals surface area (Å²) in [5, 5.41) is 14.4. The van der Waals surface area contributed by atoms with Crippen molar-refractivity contribution in [3.8, 4) is 11.5 Å². The molecule has 3 atom stereocenters. The topological polar surface area (TPSA) is 144 Å². The number of hydrogen-bond acceptors (Lipinski definition) is 9. The van der Waals surface area contributed by atoms with Gasteiger partial charge in [-0.1, -0.05) is 36.4 Å². The first kappa shape index (κ1) is 34.3. The van der Waals surface area contributed by atoms with E-state index in [1.165, 1.54) is 40.9 Å². The number of fused-ring (bicyclic) bond motifs is 1. The third-order valence-corrected chi connectivity index (χ3v) is 7.84. The molecule has 0 radical (unpaired) electrons. The van der Waals surface area contributed by atoms with E-state index in [1.807, 2.05) is 6.92 Å². The first-order valence-electron chi connectivity index (χ1n) is 13.6. The van der Waals surface area contributed by atoms with E-state index in [2.05, 4.69) is 10.6 Å². The molecular formula is C31H36ClN3O8S. The minimum atomic E-state index is -1.21. The van der Waals surface area contributed by atoms with Crippen molar-refractivity contribution < 1.29 is 38.5 Å². The summed E-state index contributed by atoms with van der Waals surface area (Å²) < 4.78 is 16.1. The van der Waals surface area contributed by atoms with Crippen molar-refractivity contribution in [3.63, 3.8) is 0 Å². The molecular weight excluding hydrogens is 610 g/mol. The van der Waals surface area contributed by atoms with Crippen LogP contribution in [0.25, 0.3) is 0 Å². The second-order valence-electron chi connectivity index (χ2n) is 10.9. The number of amides is 3. The van der Waals surface area contributed by atoms with E-state index in [1.54, 1.807) is 64.3 Å². The summed E-state index contributed by atoms with van der Waals surface area (Å²) in [5.74, 6) is -0.712. The number of nitrogens with one attached hydrogen (secondary N) is 2. The van der Waals surface area contributed by atoms with Crippen LogP contribution in [0.3, 0.4) is 0 Å². The smallest absolute Gasteiger partial charge is 0.408 e. The van der Waals surface area contributed by atoms with Gasteiger partial charge in [-0.15, -0.1) is 24.2 Å². The third kappa shape index (κ3) is 8.06. The number of allylic oxidation sites excluding steroid dienone is 2. The average molecular weight is 646 g/mol. The Hall–Kier alpha value is -4.16. The number of rotatable bonds is 9. The molecule has 0 aliphatic carbocycles. The van der Waals surface area contributed by atoms with E-state index in [0.29, 0.717) is 22.6 Å². The van der Waals surface area contributed by atoms with Crippen LogP contribution in [0.4, 0.5) is 4.79 Å². The van der Waals surface area contributed by atoms with Crippen LogP contribution in [0.1, 0.15) is 44.9 Å². The number of halogens is 1. The van der Waals surface area contributed by atoms with Gasteiger partial charge in [-0.05, 0) is 68.7 Å². The van der Waals surface area contributed by atoms with E-state index in [9.17, 15) is 24.3 Å². The Labute approximate surface area is 266 Å². The molecule has 2 aliphatic rings. The zero-order valence-corrected chi connectivity index (χ0v) is 26.6. The first-order chi connectivity index (χ1) is 20.4. The highest BCUT2D eigenvalue weighted by atomic mass is 35.5. The lowest BCUT2D eigenvalue weighted by atomic mass is 10.0. The second-order valence-corrected chi connectivity index (χ2v) is 12.0. The van der Waals surface area contributed by atoms with Crippen molar-refractivity contribution in [2.45, 2.75) is 57.4 Å². The molecule has 0 saturated carbocycles. The fraction of sp³-hybridized carbons (Fsp3) is 0.355. The number of nitrogens with zero attached hydrogens (tertiary/aromatic N) is 1. The number of aromatic hydroxyl groups is 1. The molecule has 2 aromatic carbocycles. The first-order valence-corrected chi connectivity index (χ1v) is 14.7. The van der Waals surface area contributed by atoms with Gasteiger partial charge >= 0.3 is 12.1 Å². The Kier molecular flexibility index (Phi) is 11.3. The molecule has 3 amide bonds. The number of carbonyl (C=O) groups is 4. The minimum Gasteiger partial charge on any atom is -0.508 e. The van der Waals surface area contributed by atoms with Gasteiger partial charge in [0.25, 0.3) is 5.91 Å². The molecule has 1 saturated heterocycles. The Morgan fingerprint density at radius 3 is 2.36 bits per heavy atom. The Balaban J connectivity index is 0.00000529. The zero-order chi connectivity index (χ0) is 31.3. The van der Waals surface area contributed by atoms with Crippen LogP contribution in [0, 0.1) is 0 Å². The van der Waals surface area contributed by atoms with Crippen molar-refractivity contribution in [2.75, 3.05) is 12.9 Å². The highest BCUT2D eigenvalue weighted by molar-refractivity contribution is 8.00. The van der Waals surface area contributed by atoms with Gasteiger partial charge in [-0.3, -0.25) is 14.5 Å². The number of thioether (sulfide) groups is 1. The van der Waals surface area contributed by atoms with Gasteiger partial charge in [-0.2, -0.15) is 0 Å². The molecule has 1 fully saturated rings. The zero-order valence-electron chi connectivity index (χ0n) is 25.0. The number of methoxy groups -OCH3 is 1. The number of alkyl carbamates (subject to hydrolysis) is 1. The average Bonchev–Trinajstić information content (AvgIpc) is 2.97. The van der Waals surface area contributed by atoms with Crippen LogP contribution in [0.5, 0.6) is 11.5 Å². The molecule has 2 aliphatic heterocycles. The van der Waals surface area contributed by atoms with E-state index in [0.717, 1.165) is 5.56 Å². The van der Waals surface area contributed by atoms with Gasteiger partial charge < -0.3 is 30.0 Å². The molecule has 1 unspecified atom stereocenters. The Bertz CT molecular complexity index is 1440. The van der Waals surface area contributed by atoms with Crippen molar-refractivity contribution in [1.29, 1.82) is 0 Å². The highest BCUT2D eigenvalue weighted by Crippen LogP contribution is 2.41. The summed E-state index contributed by atoms with van der Waals surface area (Å²) in [7, 11) is 1.56. The Morgan fingerprint density at radius 2 is 1.77 bits per heavy atom. The maximum Gasteiger partial charge on any atom is 0.408 e. The van der Waals surface area contributed by atoms with Crippen molar-refractivity contribution >= 4 is 48.0 Å². The van der Waals surface area contributed by atoms with Crippen LogP contribution >= 0.6 is 24.2 Å². The number of esters is 1. The third-order valence-electron chi connectivity index (χ3n) is 6.54. The van der Waals surface area contributed by atoms with Gasteiger partial charge in [0.05, 0.1) is 7.11 Å². The van der Waals surface area contributed by atoms with Gasteiger partial charge in [-0.25, -0.2) is 9.59 Å². The fourth-order valence-electron chi connectivity index (χ4n) is 4.53. The van der Waals surface area contributed by atoms with E-state index in [-0.39, 0.29) is 30.5 Å². The van der Waals surface area contributed by atoms with Crippen molar-refractivity contribution in [3.05, 3.63) is 83.1 Å². The number of carbonyl (C=O) groups excluding carboxylic acids is 4. The molecule has 2 heterocycles. The van der Waals surface area contributed by atoms with Crippen LogP contribution in [-0.2, 0) is 30.5 Å². The molecule has 44 heavy (non-hydrogen) atoms.